The van der Waals surface area contributed by atoms with Crippen molar-refractivity contribution in [1.82, 2.24) is 4.90 Å². The van der Waals surface area contributed by atoms with Gasteiger partial charge in [0.25, 0.3) is 0 Å². The summed E-state index contributed by atoms with van der Waals surface area (Å²) in [5.74, 6) is 0.815. The molecule has 1 heterocycles. The monoisotopic (exact) mass is 233 g/mol. The molecule has 1 fully saturated rings. The predicted molar refractivity (Wildman–Crippen MR) is 61.1 cm³/mol. The van der Waals surface area contributed by atoms with Crippen LogP contribution in [0, 0.1) is 5.92 Å². The van der Waals surface area contributed by atoms with Crippen LogP contribution in [0.5, 0.6) is 0 Å². The van der Waals surface area contributed by atoms with Crippen molar-refractivity contribution in [3.05, 3.63) is 0 Å². The van der Waals surface area contributed by atoms with Crippen LogP contribution in [0.1, 0.15) is 26.2 Å². The van der Waals surface area contributed by atoms with E-state index in [1.807, 2.05) is 4.90 Å². The summed E-state index contributed by atoms with van der Waals surface area (Å²) in [7, 11) is 0. The van der Waals surface area contributed by atoms with E-state index in [0.717, 1.165) is 32.4 Å². The first-order chi connectivity index (χ1) is 7.29. The molecule has 0 aliphatic carbocycles. The maximum absolute atomic E-state index is 12.0. The zero-order chi connectivity index (χ0) is 11.1. The van der Waals surface area contributed by atoms with Crippen LogP contribution >= 0.6 is 11.6 Å². The quantitative estimate of drug-likeness (QED) is 0.656. The Kier molecular flexibility index (Phi) is 6.03. The van der Waals surface area contributed by atoms with Gasteiger partial charge in [-0.25, -0.2) is 0 Å². The van der Waals surface area contributed by atoms with Gasteiger partial charge in [0.05, 0.1) is 12.5 Å². The standard InChI is InChI=1S/C11H20ClNO2/c1-2-3-6-13(7-5-12)11(14)10-4-8-15-9-10/h10H,2-9H2,1H3. The molecule has 1 amide bonds. The molecule has 1 saturated heterocycles. The molecule has 0 spiro atoms. The van der Waals surface area contributed by atoms with E-state index < -0.39 is 0 Å². The molecule has 0 aromatic rings. The lowest BCUT2D eigenvalue weighted by atomic mass is 10.1. The molecule has 1 atom stereocenters. The summed E-state index contributed by atoms with van der Waals surface area (Å²) in [6.07, 6.45) is 3.02. The van der Waals surface area contributed by atoms with Gasteiger partial charge in [0.1, 0.15) is 0 Å². The van der Waals surface area contributed by atoms with Gasteiger partial charge in [0, 0.05) is 25.6 Å². The molecule has 1 rings (SSSR count). The number of ether oxygens (including phenoxy) is 1. The van der Waals surface area contributed by atoms with Crippen LogP contribution in [0.2, 0.25) is 0 Å². The Morgan fingerprint density at radius 3 is 2.87 bits per heavy atom. The summed E-state index contributed by atoms with van der Waals surface area (Å²) in [5, 5.41) is 0. The number of halogens is 1. The highest BCUT2D eigenvalue weighted by Crippen LogP contribution is 2.16. The zero-order valence-electron chi connectivity index (χ0n) is 9.38. The van der Waals surface area contributed by atoms with E-state index in [-0.39, 0.29) is 11.8 Å². The first kappa shape index (κ1) is 12.8. The number of carbonyl (C=O) groups is 1. The summed E-state index contributed by atoms with van der Waals surface area (Å²) in [6.45, 7) is 4.93. The third-order valence-corrected chi connectivity index (χ3v) is 2.90. The highest BCUT2D eigenvalue weighted by molar-refractivity contribution is 6.18. The smallest absolute Gasteiger partial charge is 0.228 e. The Morgan fingerprint density at radius 2 is 2.33 bits per heavy atom. The normalized spacial score (nSPS) is 20.5. The average Bonchev–Trinajstić information content (AvgIpc) is 2.76. The van der Waals surface area contributed by atoms with Gasteiger partial charge in [0.15, 0.2) is 0 Å². The molecule has 0 saturated carbocycles. The first-order valence-corrected chi connectivity index (χ1v) is 6.25. The second-order valence-electron chi connectivity index (χ2n) is 3.93. The van der Waals surface area contributed by atoms with Crippen molar-refractivity contribution in [2.24, 2.45) is 5.92 Å². The van der Waals surface area contributed by atoms with Crippen molar-refractivity contribution < 1.29 is 9.53 Å². The Balaban J connectivity index is 2.41. The Labute approximate surface area is 96.7 Å². The van der Waals surface area contributed by atoms with Crippen LogP contribution in [0.3, 0.4) is 0 Å². The fourth-order valence-electron chi connectivity index (χ4n) is 1.77. The van der Waals surface area contributed by atoms with Crippen LogP contribution in [0.15, 0.2) is 0 Å². The molecule has 0 N–H and O–H groups in total. The second kappa shape index (κ2) is 7.07. The molecule has 1 unspecified atom stereocenters. The van der Waals surface area contributed by atoms with E-state index in [4.69, 9.17) is 16.3 Å². The van der Waals surface area contributed by atoms with E-state index in [1.54, 1.807) is 0 Å². The number of hydrogen-bond donors (Lipinski definition) is 0. The average molecular weight is 234 g/mol. The SMILES string of the molecule is CCCCN(CCCl)C(=O)C1CCOC1. The van der Waals surface area contributed by atoms with Crippen LogP contribution in [0.4, 0.5) is 0 Å². The summed E-state index contributed by atoms with van der Waals surface area (Å²) in [5.41, 5.74) is 0. The van der Waals surface area contributed by atoms with Crippen molar-refractivity contribution in [3.63, 3.8) is 0 Å². The van der Waals surface area contributed by atoms with Crippen LogP contribution in [0.25, 0.3) is 0 Å². The lowest BCUT2D eigenvalue weighted by Crippen LogP contribution is -2.38. The summed E-state index contributed by atoms with van der Waals surface area (Å²) >= 11 is 5.70. The van der Waals surface area contributed by atoms with Crippen molar-refractivity contribution in [1.29, 1.82) is 0 Å². The van der Waals surface area contributed by atoms with E-state index in [0.29, 0.717) is 19.0 Å². The topological polar surface area (TPSA) is 29.5 Å². The molecule has 88 valence electrons. The van der Waals surface area contributed by atoms with Gasteiger partial charge >= 0.3 is 0 Å². The van der Waals surface area contributed by atoms with E-state index in [2.05, 4.69) is 6.92 Å². The first-order valence-electron chi connectivity index (χ1n) is 5.72. The molecule has 1 aliphatic rings. The van der Waals surface area contributed by atoms with Gasteiger partial charge in [-0.1, -0.05) is 13.3 Å². The lowest BCUT2D eigenvalue weighted by Gasteiger charge is -2.24. The third-order valence-electron chi connectivity index (χ3n) is 2.73. The number of hydrogen-bond acceptors (Lipinski definition) is 2. The fourth-order valence-corrected chi connectivity index (χ4v) is 1.97. The summed E-state index contributed by atoms with van der Waals surface area (Å²) < 4.78 is 5.23. The van der Waals surface area contributed by atoms with Gasteiger partial charge in [-0.15, -0.1) is 11.6 Å². The summed E-state index contributed by atoms with van der Waals surface area (Å²) in [4.78, 5) is 13.9. The van der Waals surface area contributed by atoms with Crippen LogP contribution in [-0.4, -0.2) is 43.0 Å². The molecule has 0 bridgehead atoms. The molecular weight excluding hydrogens is 214 g/mol. The van der Waals surface area contributed by atoms with Gasteiger partial charge in [0.2, 0.25) is 5.91 Å². The van der Waals surface area contributed by atoms with Crippen molar-refractivity contribution in [2.45, 2.75) is 26.2 Å². The Hall–Kier alpha value is -0.280. The largest absolute Gasteiger partial charge is 0.381 e. The number of alkyl halides is 1. The van der Waals surface area contributed by atoms with Crippen LogP contribution in [-0.2, 0) is 9.53 Å². The maximum Gasteiger partial charge on any atom is 0.228 e. The number of carbonyl (C=O) groups excluding carboxylic acids is 1. The van der Waals surface area contributed by atoms with Crippen molar-refractivity contribution in [2.75, 3.05) is 32.2 Å². The molecule has 4 heteroatoms. The Morgan fingerprint density at radius 1 is 1.53 bits per heavy atom. The minimum Gasteiger partial charge on any atom is -0.381 e. The minimum absolute atomic E-state index is 0.0741. The van der Waals surface area contributed by atoms with Gasteiger partial charge in [-0.3, -0.25) is 4.79 Å². The third kappa shape index (κ3) is 3.99. The molecular formula is C11H20ClNO2. The second-order valence-corrected chi connectivity index (χ2v) is 4.31. The highest BCUT2D eigenvalue weighted by Gasteiger charge is 2.27. The maximum atomic E-state index is 12.0. The van der Waals surface area contributed by atoms with E-state index in [9.17, 15) is 4.79 Å². The molecule has 1 aliphatic heterocycles. The molecule has 0 radical (unpaired) electrons. The van der Waals surface area contributed by atoms with Crippen LogP contribution < -0.4 is 0 Å². The Bertz CT molecular complexity index is 193. The predicted octanol–water partition coefficient (Wildman–Crippen LogP) is 1.89. The van der Waals surface area contributed by atoms with Crippen molar-refractivity contribution in [3.8, 4) is 0 Å². The van der Waals surface area contributed by atoms with Gasteiger partial charge in [-0.05, 0) is 12.8 Å². The van der Waals surface area contributed by atoms with Crippen molar-refractivity contribution >= 4 is 17.5 Å². The zero-order valence-corrected chi connectivity index (χ0v) is 10.1. The number of rotatable bonds is 6. The van der Waals surface area contributed by atoms with E-state index >= 15 is 0 Å². The molecule has 0 aromatic carbocycles. The minimum atomic E-state index is 0.0741. The summed E-state index contributed by atoms with van der Waals surface area (Å²) in [6, 6.07) is 0. The molecule has 0 aromatic heterocycles. The fraction of sp³-hybridized carbons (Fsp3) is 0.909. The number of nitrogens with zero attached hydrogens (tertiary/aromatic N) is 1. The molecule has 15 heavy (non-hydrogen) atoms. The molecule has 3 nitrogen and oxygen atoms in total. The van der Waals surface area contributed by atoms with Gasteiger partial charge < -0.3 is 9.64 Å². The number of amides is 1. The van der Waals surface area contributed by atoms with Gasteiger partial charge in [-0.2, -0.15) is 0 Å². The van der Waals surface area contributed by atoms with E-state index in [1.165, 1.54) is 0 Å². The number of unbranched alkanes of at least 4 members (excludes halogenated alkanes) is 1. The highest BCUT2D eigenvalue weighted by atomic mass is 35.5. The lowest BCUT2D eigenvalue weighted by molar-refractivity contribution is -0.135.